The molecule has 0 radical (unpaired) electrons. The Hall–Kier alpha value is -3.73. The molecule has 0 saturated heterocycles. The number of amides is 1. The third kappa shape index (κ3) is 2.66. The van der Waals surface area contributed by atoms with Crippen LogP contribution in [0.3, 0.4) is 0 Å². The van der Waals surface area contributed by atoms with E-state index in [0.717, 1.165) is 16.7 Å². The van der Waals surface area contributed by atoms with Gasteiger partial charge in [-0.2, -0.15) is 0 Å². The first-order valence-corrected chi connectivity index (χ1v) is 9.43. The van der Waals surface area contributed by atoms with Gasteiger partial charge in [0.25, 0.3) is 5.91 Å². The Morgan fingerprint density at radius 1 is 0.931 bits per heavy atom. The molecule has 3 heterocycles. The summed E-state index contributed by atoms with van der Waals surface area (Å²) < 4.78 is 5.97. The number of rotatable bonds is 2. The number of aromatic nitrogens is 1. The van der Waals surface area contributed by atoms with E-state index in [4.69, 9.17) is 4.42 Å². The van der Waals surface area contributed by atoms with Gasteiger partial charge in [-0.25, -0.2) is 4.98 Å². The highest BCUT2D eigenvalue weighted by molar-refractivity contribution is 6.10. The molecule has 142 valence electrons. The van der Waals surface area contributed by atoms with Crippen LogP contribution in [0.2, 0.25) is 0 Å². The zero-order chi connectivity index (χ0) is 20.1. The SMILES string of the molecule is Cc1ccnc(N2C(=O)c3oc4ccc(C)cc4c(=O)c3[C@H]2c2ccccc2)c1. The number of anilines is 1. The molecule has 0 unspecified atom stereocenters. The lowest BCUT2D eigenvalue weighted by molar-refractivity contribution is 0.0970. The lowest BCUT2D eigenvalue weighted by Crippen LogP contribution is -2.30. The summed E-state index contributed by atoms with van der Waals surface area (Å²) in [6.07, 6.45) is 1.66. The Morgan fingerprint density at radius 3 is 2.45 bits per heavy atom. The lowest BCUT2D eigenvalue weighted by Gasteiger charge is -2.24. The van der Waals surface area contributed by atoms with Crippen LogP contribution >= 0.6 is 0 Å². The summed E-state index contributed by atoms with van der Waals surface area (Å²) in [5, 5.41) is 0.483. The standard InChI is InChI=1S/C24H18N2O3/c1-14-8-9-18-17(12-14)22(27)20-21(16-6-4-3-5-7-16)26(24(28)23(20)29-18)19-13-15(2)10-11-25-19/h3-13,21H,1-2H3/t21-/m1/s1. The molecule has 0 aliphatic carbocycles. The second kappa shape index (κ2) is 6.41. The molecule has 2 aromatic heterocycles. The molecule has 1 aliphatic rings. The number of aryl methyl sites for hydroxylation is 2. The molecule has 0 fully saturated rings. The number of fused-ring (bicyclic) bond motifs is 2. The van der Waals surface area contributed by atoms with Crippen LogP contribution in [0.5, 0.6) is 0 Å². The molecule has 1 atom stereocenters. The topological polar surface area (TPSA) is 63.4 Å². The van der Waals surface area contributed by atoms with Crippen LogP contribution in [0.4, 0.5) is 5.82 Å². The van der Waals surface area contributed by atoms with E-state index < -0.39 is 6.04 Å². The van der Waals surface area contributed by atoms with E-state index in [-0.39, 0.29) is 17.1 Å². The monoisotopic (exact) mass is 382 g/mol. The molecule has 1 amide bonds. The first kappa shape index (κ1) is 17.4. The van der Waals surface area contributed by atoms with E-state index in [1.54, 1.807) is 17.2 Å². The normalized spacial score (nSPS) is 15.7. The van der Waals surface area contributed by atoms with Crippen LogP contribution < -0.4 is 10.3 Å². The number of hydrogen-bond acceptors (Lipinski definition) is 4. The van der Waals surface area contributed by atoms with Crippen LogP contribution in [-0.2, 0) is 0 Å². The number of benzene rings is 2. The van der Waals surface area contributed by atoms with Crippen LogP contribution in [-0.4, -0.2) is 10.9 Å². The van der Waals surface area contributed by atoms with Gasteiger partial charge in [-0.3, -0.25) is 14.5 Å². The maximum absolute atomic E-state index is 13.5. The third-order valence-corrected chi connectivity index (χ3v) is 5.29. The zero-order valence-electron chi connectivity index (χ0n) is 16.0. The van der Waals surface area contributed by atoms with E-state index in [1.165, 1.54) is 0 Å². The largest absolute Gasteiger partial charge is 0.450 e. The van der Waals surface area contributed by atoms with E-state index >= 15 is 0 Å². The smallest absolute Gasteiger partial charge is 0.296 e. The molecule has 1 aliphatic heterocycles. The summed E-state index contributed by atoms with van der Waals surface area (Å²) >= 11 is 0. The minimum Gasteiger partial charge on any atom is -0.450 e. The minimum atomic E-state index is -0.589. The van der Waals surface area contributed by atoms with Gasteiger partial charge in [-0.15, -0.1) is 0 Å². The molecule has 0 N–H and O–H groups in total. The first-order chi connectivity index (χ1) is 14.0. The van der Waals surface area contributed by atoms with E-state index in [1.807, 2.05) is 68.4 Å². The Morgan fingerprint density at radius 2 is 1.69 bits per heavy atom. The van der Waals surface area contributed by atoms with Crippen molar-refractivity contribution in [3.05, 3.63) is 105 Å². The number of nitrogens with zero attached hydrogens (tertiary/aromatic N) is 2. The van der Waals surface area contributed by atoms with Gasteiger partial charge in [0.2, 0.25) is 5.76 Å². The average Bonchev–Trinajstić information content (AvgIpc) is 3.02. The highest BCUT2D eigenvalue weighted by atomic mass is 16.3. The van der Waals surface area contributed by atoms with Crippen molar-refractivity contribution in [3.63, 3.8) is 0 Å². The maximum Gasteiger partial charge on any atom is 0.296 e. The van der Waals surface area contributed by atoms with Crippen molar-refractivity contribution in [2.24, 2.45) is 0 Å². The van der Waals surface area contributed by atoms with Gasteiger partial charge in [0, 0.05) is 6.20 Å². The van der Waals surface area contributed by atoms with Gasteiger partial charge in [-0.05, 0) is 49.2 Å². The predicted octanol–water partition coefficient (Wildman–Crippen LogP) is 4.55. The molecule has 5 heteroatoms. The Labute approximate surface area is 167 Å². The highest BCUT2D eigenvalue weighted by Gasteiger charge is 2.44. The van der Waals surface area contributed by atoms with Crippen molar-refractivity contribution in [1.29, 1.82) is 0 Å². The molecular weight excluding hydrogens is 364 g/mol. The first-order valence-electron chi connectivity index (χ1n) is 9.43. The van der Waals surface area contributed by atoms with Gasteiger partial charge in [0.1, 0.15) is 11.4 Å². The second-order valence-electron chi connectivity index (χ2n) is 7.35. The summed E-state index contributed by atoms with van der Waals surface area (Å²) in [6, 6.07) is 18.1. The fraction of sp³-hybridized carbons (Fsp3) is 0.125. The fourth-order valence-corrected chi connectivity index (χ4v) is 3.93. The fourth-order valence-electron chi connectivity index (χ4n) is 3.93. The van der Waals surface area contributed by atoms with Gasteiger partial charge in [0.15, 0.2) is 5.43 Å². The Balaban J connectivity index is 1.84. The number of pyridine rings is 1. The molecule has 5 rings (SSSR count). The molecule has 29 heavy (non-hydrogen) atoms. The van der Waals surface area contributed by atoms with Crippen molar-refractivity contribution in [2.45, 2.75) is 19.9 Å². The molecule has 4 aromatic rings. The van der Waals surface area contributed by atoms with Crippen LogP contribution in [0, 0.1) is 13.8 Å². The van der Waals surface area contributed by atoms with E-state index in [0.29, 0.717) is 22.4 Å². The molecule has 0 bridgehead atoms. The van der Waals surface area contributed by atoms with Crippen molar-refractivity contribution >= 4 is 22.7 Å². The highest BCUT2D eigenvalue weighted by Crippen LogP contribution is 2.40. The number of carbonyl (C=O) groups excluding carboxylic acids is 1. The molecule has 0 saturated carbocycles. The second-order valence-corrected chi connectivity index (χ2v) is 7.35. The minimum absolute atomic E-state index is 0.0866. The summed E-state index contributed by atoms with van der Waals surface area (Å²) in [5.41, 5.74) is 3.37. The Kier molecular flexibility index (Phi) is 3.84. The van der Waals surface area contributed by atoms with Crippen molar-refractivity contribution in [3.8, 4) is 0 Å². The molecular formula is C24H18N2O3. The van der Waals surface area contributed by atoms with Crippen molar-refractivity contribution < 1.29 is 9.21 Å². The summed E-state index contributed by atoms with van der Waals surface area (Å²) in [5.74, 6) is 0.227. The summed E-state index contributed by atoms with van der Waals surface area (Å²) in [7, 11) is 0. The molecule has 0 spiro atoms. The van der Waals surface area contributed by atoms with E-state index in [2.05, 4.69) is 4.98 Å². The summed E-state index contributed by atoms with van der Waals surface area (Å²) in [6.45, 7) is 3.87. The van der Waals surface area contributed by atoms with E-state index in [9.17, 15) is 9.59 Å². The molecule has 5 nitrogen and oxygen atoms in total. The quantitative estimate of drug-likeness (QED) is 0.510. The van der Waals surface area contributed by atoms with Crippen LogP contribution in [0.15, 0.2) is 76.1 Å². The average molecular weight is 382 g/mol. The third-order valence-electron chi connectivity index (χ3n) is 5.29. The van der Waals surface area contributed by atoms with Crippen LogP contribution in [0.1, 0.15) is 38.9 Å². The predicted molar refractivity (Wildman–Crippen MR) is 111 cm³/mol. The number of carbonyl (C=O) groups is 1. The van der Waals surface area contributed by atoms with Gasteiger partial charge >= 0.3 is 0 Å². The lowest BCUT2D eigenvalue weighted by atomic mass is 9.98. The van der Waals surface area contributed by atoms with Gasteiger partial charge in [0.05, 0.1) is 17.0 Å². The van der Waals surface area contributed by atoms with Crippen molar-refractivity contribution in [1.82, 2.24) is 4.98 Å². The van der Waals surface area contributed by atoms with Gasteiger partial charge in [-0.1, -0.05) is 42.0 Å². The zero-order valence-corrected chi connectivity index (χ0v) is 16.0. The summed E-state index contributed by atoms with van der Waals surface area (Å²) in [4.78, 5) is 32.9. The Bertz CT molecular complexity index is 1330. The van der Waals surface area contributed by atoms with Crippen molar-refractivity contribution in [2.75, 3.05) is 4.90 Å². The molecule has 2 aromatic carbocycles. The number of hydrogen-bond donors (Lipinski definition) is 0. The van der Waals surface area contributed by atoms with Gasteiger partial charge < -0.3 is 4.42 Å². The maximum atomic E-state index is 13.5. The van der Waals surface area contributed by atoms with Crippen LogP contribution in [0.25, 0.3) is 11.0 Å².